The van der Waals surface area contributed by atoms with E-state index < -0.39 is 0 Å². The maximum Gasteiger partial charge on any atom is 0.251 e. The molecule has 1 fully saturated rings. The maximum absolute atomic E-state index is 12.4. The van der Waals surface area contributed by atoms with Crippen LogP contribution < -0.4 is 10.6 Å². The van der Waals surface area contributed by atoms with Crippen molar-refractivity contribution in [1.82, 2.24) is 20.8 Å². The Morgan fingerprint density at radius 1 is 1.00 bits per heavy atom. The molecule has 5 nitrogen and oxygen atoms in total. The highest BCUT2D eigenvalue weighted by Gasteiger charge is 2.16. The molecule has 1 aromatic heterocycles. The number of nitrogens with zero attached hydrogens (tertiary/aromatic N) is 1. The summed E-state index contributed by atoms with van der Waals surface area (Å²) in [6, 6.07) is 16.0. The molecule has 1 aliphatic heterocycles. The molecule has 7 heteroatoms. The van der Waals surface area contributed by atoms with E-state index in [1.807, 2.05) is 60.7 Å². The number of aromatic amines is 1. The Hall–Kier alpha value is -2.34. The summed E-state index contributed by atoms with van der Waals surface area (Å²) in [6.07, 6.45) is 5.98. The Morgan fingerprint density at radius 2 is 1.71 bits per heavy atom. The van der Waals surface area contributed by atoms with Crippen molar-refractivity contribution in [3.8, 4) is 0 Å². The van der Waals surface area contributed by atoms with Crippen molar-refractivity contribution in [3.63, 3.8) is 0 Å². The Morgan fingerprint density at radius 3 is 2.46 bits per heavy atom. The minimum absolute atomic E-state index is 0. The van der Waals surface area contributed by atoms with Gasteiger partial charge in [0.1, 0.15) is 0 Å². The molecule has 28 heavy (non-hydrogen) atoms. The molecule has 0 aliphatic carbocycles. The minimum atomic E-state index is 0. The zero-order chi connectivity index (χ0) is 17.8. The number of fused-ring (bicyclic) bond motifs is 1. The zero-order valence-electron chi connectivity index (χ0n) is 15.4. The van der Waals surface area contributed by atoms with Crippen LogP contribution in [0.3, 0.4) is 0 Å². The van der Waals surface area contributed by atoms with E-state index in [2.05, 4.69) is 20.8 Å². The van der Waals surface area contributed by atoms with Gasteiger partial charge in [0.25, 0.3) is 5.91 Å². The fourth-order valence-corrected chi connectivity index (χ4v) is 3.27. The molecular weight excluding hydrogens is 395 g/mol. The van der Waals surface area contributed by atoms with E-state index >= 15 is 0 Å². The van der Waals surface area contributed by atoms with Gasteiger partial charge in [-0.3, -0.25) is 9.89 Å². The Bertz CT molecular complexity index is 931. The molecule has 0 saturated carbocycles. The molecule has 2 heterocycles. The fourth-order valence-electron chi connectivity index (χ4n) is 3.27. The van der Waals surface area contributed by atoms with Crippen LogP contribution in [-0.2, 0) is 0 Å². The van der Waals surface area contributed by atoms with Crippen molar-refractivity contribution in [2.45, 2.75) is 18.9 Å². The predicted octanol–water partition coefficient (Wildman–Crippen LogP) is 4.06. The molecule has 3 aromatic rings. The first-order chi connectivity index (χ1) is 12.8. The lowest BCUT2D eigenvalue weighted by Crippen LogP contribution is -2.42. The van der Waals surface area contributed by atoms with Gasteiger partial charge in [-0.2, -0.15) is 5.10 Å². The third-order valence-corrected chi connectivity index (χ3v) is 4.78. The minimum Gasteiger partial charge on any atom is -0.349 e. The van der Waals surface area contributed by atoms with Gasteiger partial charge in [-0.1, -0.05) is 36.4 Å². The molecule has 0 bridgehead atoms. The monoisotopic (exact) mass is 418 g/mol. The highest BCUT2D eigenvalue weighted by Crippen LogP contribution is 2.18. The molecular formula is C21H24Cl2N4O. The van der Waals surface area contributed by atoms with Crippen molar-refractivity contribution in [2.75, 3.05) is 13.1 Å². The first kappa shape index (κ1) is 22.0. The van der Waals surface area contributed by atoms with Crippen LogP contribution in [0.1, 0.15) is 34.5 Å². The van der Waals surface area contributed by atoms with Crippen LogP contribution in [0.15, 0.2) is 48.5 Å². The van der Waals surface area contributed by atoms with E-state index in [9.17, 15) is 4.79 Å². The predicted molar refractivity (Wildman–Crippen MR) is 119 cm³/mol. The number of aromatic nitrogens is 2. The van der Waals surface area contributed by atoms with Crippen LogP contribution in [0, 0.1) is 0 Å². The van der Waals surface area contributed by atoms with E-state index in [0.717, 1.165) is 48.1 Å². The highest BCUT2D eigenvalue weighted by atomic mass is 35.5. The molecule has 4 rings (SSSR count). The number of para-hydroxylation sites is 1. The quantitative estimate of drug-likeness (QED) is 0.598. The van der Waals surface area contributed by atoms with Gasteiger partial charge >= 0.3 is 0 Å². The number of rotatable bonds is 4. The van der Waals surface area contributed by atoms with Gasteiger partial charge < -0.3 is 10.6 Å². The molecule has 148 valence electrons. The Kier molecular flexibility index (Phi) is 8.05. The fraction of sp³-hybridized carbons (Fsp3) is 0.238. The molecule has 1 saturated heterocycles. The topological polar surface area (TPSA) is 69.8 Å². The second-order valence-corrected chi connectivity index (χ2v) is 6.61. The van der Waals surface area contributed by atoms with Crippen LogP contribution in [0.4, 0.5) is 0 Å². The Labute approximate surface area is 176 Å². The summed E-state index contributed by atoms with van der Waals surface area (Å²) in [7, 11) is 0. The number of carbonyl (C=O) groups is 1. The molecule has 1 aliphatic rings. The average Bonchev–Trinajstić information content (AvgIpc) is 3.11. The van der Waals surface area contributed by atoms with E-state index in [4.69, 9.17) is 0 Å². The summed E-state index contributed by atoms with van der Waals surface area (Å²) in [5, 5.41) is 14.9. The van der Waals surface area contributed by atoms with Gasteiger partial charge in [-0.15, -0.1) is 24.8 Å². The molecule has 0 atom stereocenters. The summed E-state index contributed by atoms with van der Waals surface area (Å²) < 4.78 is 0. The van der Waals surface area contributed by atoms with E-state index in [0.29, 0.717) is 5.56 Å². The standard InChI is InChI=1S/C21H22N4O.2ClH/c26-21(23-17-11-13-22-14-12-17)16-8-5-15(6-9-16)7-10-20-18-3-1-2-4-19(18)24-25-20;;/h1-10,17,22H,11-14H2,(H,23,26)(H,24,25);2*1H. The number of nitrogens with one attached hydrogen (secondary N) is 3. The third-order valence-electron chi connectivity index (χ3n) is 4.78. The normalized spacial score (nSPS) is 14.4. The summed E-state index contributed by atoms with van der Waals surface area (Å²) in [6.45, 7) is 1.94. The highest BCUT2D eigenvalue weighted by molar-refractivity contribution is 5.95. The van der Waals surface area contributed by atoms with Crippen LogP contribution in [0.5, 0.6) is 0 Å². The number of amides is 1. The third kappa shape index (κ3) is 5.13. The summed E-state index contributed by atoms with van der Waals surface area (Å²) in [5.41, 5.74) is 3.67. The molecule has 0 spiro atoms. The maximum atomic E-state index is 12.4. The van der Waals surface area contributed by atoms with Gasteiger partial charge in [-0.05, 0) is 55.8 Å². The smallest absolute Gasteiger partial charge is 0.251 e. The molecule has 3 N–H and O–H groups in total. The largest absolute Gasteiger partial charge is 0.349 e. The van der Waals surface area contributed by atoms with Crippen molar-refractivity contribution < 1.29 is 4.79 Å². The number of hydrogen-bond donors (Lipinski definition) is 3. The lowest BCUT2D eigenvalue weighted by atomic mass is 10.1. The van der Waals surface area contributed by atoms with Crippen molar-refractivity contribution >= 4 is 53.8 Å². The van der Waals surface area contributed by atoms with Crippen LogP contribution >= 0.6 is 24.8 Å². The van der Waals surface area contributed by atoms with E-state index in [-0.39, 0.29) is 36.8 Å². The van der Waals surface area contributed by atoms with Gasteiger partial charge in [0.15, 0.2) is 0 Å². The van der Waals surface area contributed by atoms with Crippen LogP contribution in [0.2, 0.25) is 0 Å². The van der Waals surface area contributed by atoms with Crippen molar-refractivity contribution in [2.24, 2.45) is 0 Å². The lowest BCUT2D eigenvalue weighted by Gasteiger charge is -2.23. The molecule has 2 aromatic carbocycles. The van der Waals surface area contributed by atoms with Crippen molar-refractivity contribution in [3.05, 3.63) is 65.4 Å². The first-order valence-electron chi connectivity index (χ1n) is 9.02. The van der Waals surface area contributed by atoms with E-state index in [1.165, 1.54) is 0 Å². The lowest BCUT2D eigenvalue weighted by molar-refractivity contribution is 0.0929. The summed E-state index contributed by atoms with van der Waals surface area (Å²) in [5.74, 6) is 0.00530. The molecule has 1 amide bonds. The van der Waals surface area contributed by atoms with Gasteiger partial charge in [0.2, 0.25) is 0 Å². The number of carbonyl (C=O) groups excluding carboxylic acids is 1. The summed E-state index contributed by atoms with van der Waals surface area (Å²) in [4.78, 5) is 12.4. The molecule has 0 radical (unpaired) electrons. The number of benzene rings is 2. The van der Waals surface area contributed by atoms with Crippen molar-refractivity contribution in [1.29, 1.82) is 0 Å². The van der Waals surface area contributed by atoms with Gasteiger partial charge in [0, 0.05) is 17.0 Å². The second-order valence-electron chi connectivity index (χ2n) is 6.61. The van der Waals surface area contributed by atoms with E-state index in [1.54, 1.807) is 0 Å². The summed E-state index contributed by atoms with van der Waals surface area (Å²) >= 11 is 0. The number of halogens is 2. The first-order valence-corrected chi connectivity index (χ1v) is 9.02. The Balaban J connectivity index is 0.00000140. The number of piperidine rings is 1. The number of hydrogen-bond acceptors (Lipinski definition) is 3. The number of H-pyrrole nitrogens is 1. The van der Waals surface area contributed by atoms with Gasteiger partial charge in [-0.25, -0.2) is 0 Å². The van der Waals surface area contributed by atoms with Crippen LogP contribution in [0.25, 0.3) is 23.1 Å². The molecule has 0 unspecified atom stereocenters. The van der Waals surface area contributed by atoms with Gasteiger partial charge in [0.05, 0.1) is 11.2 Å². The van der Waals surface area contributed by atoms with Crippen LogP contribution in [-0.4, -0.2) is 35.2 Å². The second kappa shape index (κ2) is 10.3. The average molecular weight is 419 g/mol. The zero-order valence-corrected chi connectivity index (χ0v) is 17.0. The SMILES string of the molecule is Cl.Cl.O=C(NC1CCNCC1)c1ccc(C=Cc2n[nH]c3ccccc23)cc1.